The summed E-state index contributed by atoms with van der Waals surface area (Å²) in [5.41, 5.74) is 2.94. The molecule has 1 aliphatic carbocycles. The van der Waals surface area contributed by atoms with Crippen LogP contribution in [0.2, 0.25) is 5.02 Å². The van der Waals surface area contributed by atoms with E-state index < -0.39 is 17.6 Å². The Morgan fingerprint density at radius 1 is 1.03 bits per heavy atom. The van der Waals surface area contributed by atoms with Crippen LogP contribution in [0.3, 0.4) is 0 Å². The number of halogens is 3. The third-order valence-corrected chi connectivity index (χ3v) is 7.52. The molecule has 0 bridgehead atoms. The summed E-state index contributed by atoms with van der Waals surface area (Å²) in [4.78, 5) is 33.0. The van der Waals surface area contributed by atoms with Crippen LogP contribution in [0, 0.1) is 17.6 Å². The van der Waals surface area contributed by atoms with Crippen LogP contribution in [-0.4, -0.2) is 23.2 Å². The third kappa shape index (κ3) is 5.46. The predicted molar refractivity (Wildman–Crippen MR) is 145 cm³/mol. The Bertz CT molecular complexity index is 1430. The van der Waals surface area contributed by atoms with Crippen molar-refractivity contribution in [3.05, 3.63) is 112 Å². The van der Waals surface area contributed by atoms with Crippen LogP contribution >= 0.6 is 11.6 Å². The van der Waals surface area contributed by atoms with E-state index in [4.69, 9.17) is 11.6 Å². The lowest BCUT2D eigenvalue weighted by molar-refractivity contribution is -0.115. The summed E-state index contributed by atoms with van der Waals surface area (Å²) in [6.45, 7) is 0.392. The van der Waals surface area contributed by atoms with Gasteiger partial charge in [-0.05, 0) is 103 Å². The Hall–Kier alpha value is -3.64. The van der Waals surface area contributed by atoms with Crippen molar-refractivity contribution < 1.29 is 18.4 Å². The number of aromatic nitrogens is 1. The number of amides is 1. The number of anilines is 1. The molecule has 4 nitrogen and oxygen atoms in total. The summed E-state index contributed by atoms with van der Waals surface area (Å²) in [5, 5.41) is 0.422. The average molecular weight is 533 g/mol. The molecule has 1 unspecified atom stereocenters. The lowest BCUT2D eigenvalue weighted by atomic mass is 9.81. The molecule has 0 radical (unpaired) electrons. The van der Waals surface area contributed by atoms with E-state index in [2.05, 4.69) is 4.98 Å². The Morgan fingerprint density at radius 3 is 2.61 bits per heavy atom. The minimum atomic E-state index is -0.622. The number of carbonyl (C=O) groups excluding carboxylic acids is 2. The molecule has 2 aliphatic rings. The topological polar surface area (TPSA) is 50.3 Å². The molecule has 5 rings (SSSR count). The van der Waals surface area contributed by atoms with Gasteiger partial charge in [0.05, 0.1) is 10.7 Å². The second kappa shape index (κ2) is 11.4. The van der Waals surface area contributed by atoms with E-state index in [1.54, 1.807) is 41.6 Å². The first-order chi connectivity index (χ1) is 18.4. The van der Waals surface area contributed by atoms with Gasteiger partial charge in [0.2, 0.25) is 0 Å². The Kier molecular flexibility index (Phi) is 7.79. The number of rotatable bonds is 6. The van der Waals surface area contributed by atoms with E-state index >= 15 is 4.39 Å². The summed E-state index contributed by atoms with van der Waals surface area (Å²) in [5.74, 6) is -2.15. The van der Waals surface area contributed by atoms with Gasteiger partial charge < -0.3 is 4.90 Å². The SMILES string of the molecule is O=C1C=C2CCCN(c3ccccc3Cl)C(=O)C2=C(c2cc(F)ccc2F)C(CCCc2ccncc2)C1. The maximum Gasteiger partial charge on any atom is 0.258 e. The standard InChI is InChI=1S/C31H27ClF2N2O2/c32-26-8-1-2-9-28(26)36-16-4-7-22-18-24(37)17-21(6-3-5-20-12-14-35-15-13-20)29(30(22)31(36)38)25-19-23(33)10-11-27(25)34/h1-2,8-15,18-19,21H,3-7,16-17H2. The maximum absolute atomic E-state index is 15.4. The molecule has 7 heteroatoms. The number of pyridine rings is 1. The van der Waals surface area contributed by atoms with Gasteiger partial charge in [0.15, 0.2) is 5.78 Å². The van der Waals surface area contributed by atoms with Gasteiger partial charge >= 0.3 is 0 Å². The normalized spacial score (nSPS) is 18.1. The fourth-order valence-corrected chi connectivity index (χ4v) is 5.71. The van der Waals surface area contributed by atoms with Gasteiger partial charge in [-0.1, -0.05) is 23.7 Å². The second-order valence-electron chi connectivity index (χ2n) is 9.71. The van der Waals surface area contributed by atoms with Gasteiger partial charge in [0.25, 0.3) is 5.91 Å². The third-order valence-electron chi connectivity index (χ3n) is 7.20. The van der Waals surface area contributed by atoms with Crippen molar-refractivity contribution in [2.45, 2.75) is 38.5 Å². The van der Waals surface area contributed by atoms with Crippen molar-refractivity contribution >= 4 is 34.6 Å². The van der Waals surface area contributed by atoms with Crippen molar-refractivity contribution in [3.8, 4) is 0 Å². The molecular weight excluding hydrogens is 506 g/mol. The van der Waals surface area contributed by atoms with Gasteiger partial charge in [-0.3, -0.25) is 14.6 Å². The zero-order valence-corrected chi connectivity index (χ0v) is 21.6. The van der Waals surface area contributed by atoms with E-state index in [-0.39, 0.29) is 29.2 Å². The van der Waals surface area contributed by atoms with Gasteiger partial charge in [-0.2, -0.15) is 0 Å². The monoisotopic (exact) mass is 532 g/mol. The number of fused-ring (bicyclic) bond motifs is 1. The number of para-hydroxylation sites is 1. The van der Waals surface area contributed by atoms with Crippen LogP contribution in [0.25, 0.3) is 5.57 Å². The minimum absolute atomic E-state index is 0.0314. The average Bonchev–Trinajstić information content (AvgIpc) is 3.14. The molecule has 1 fully saturated rings. The van der Waals surface area contributed by atoms with E-state index in [0.29, 0.717) is 54.1 Å². The highest BCUT2D eigenvalue weighted by atomic mass is 35.5. The van der Waals surface area contributed by atoms with Crippen molar-refractivity contribution in [2.24, 2.45) is 5.92 Å². The molecule has 1 atom stereocenters. The van der Waals surface area contributed by atoms with Crippen molar-refractivity contribution in [1.29, 1.82) is 0 Å². The smallest absolute Gasteiger partial charge is 0.258 e. The highest BCUT2D eigenvalue weighted by Gasteiger charge is 2.36. The van der Waals surface area contributed by atoms with Crippen LogP contribution in [0.4, 0.5) is 14.5 Å². The van der Waals surface area contributed by atoms with Crippen LogP contribution in [0.1, 0.15) is 43.2 Å². The zero-order chi connectivity index (χ0) is 26.6. The molecule has 38 heavy (non-hydrogen) atoms. The summed E-state index contributed by atoms with van der Waals surface area (Å²) in [6.07, 6.45) is 8.15. The fourth-order valence-electron chi connectivity index (χ4n) is 5.47. The van der Waals surface area contributed by atoms with Crippen LogP contribution in [-0.2, 0) is 16.0 Å². The quantitative estimate of drug-likeness (QED) is 0.339. The number of benzene rings is 2. The molecule has 2 aromatic carbocycles. The fraction of sp³-hybridized carbons (Fsp3) is 0.258. The summed E-state index contributed by atoms with van der Waals surface area (Å²) in [6, 6.07) is 14.2. The lowest BCUT2D eigenvalue weighted by Gasteiger charge is -2.26. The van der Waals surface area contributed by atoms with E-state index in [1.807, 2.05) is 12.1 Å². The molecule has 1 aliphatic heterocycles. The molecule has 2 heterocycles. The maximum atomic E-state index is 15.4. The zero-order valence-electron chi connectivity index (χ0n) is 20.8. The summed E-state index contributed by atoms with van der Waals surface area (Å²) in [7, 11) is 0. The molecule has 0 saturated carbocycles. The van der Waals surface area contributed by atoms with Gasteiger partial charge in [-0.15, -0.1) is 0 Å². The first-order valence-corrected chi connectivity index (χ1v) is 13.2. The number of allylic oxidation sites excluding steroid dienone is 2. The van der Waals surface area contributed by atoms with Crippen molar-refractivity contribution in [3.63, 3.8) is 0 Å². The highest BCUT2D eigenvalue weighted by Crippen LogP contribution is 2.43. The molecule has 1 aromatic heterocycles. The van der Waals surface area contributed by atoms with E-state index in [1.165, 1.54) is 6.08 Å². The first kappa shape index (κ1) is 26.0. The number of ketones is 1. The molecule has 1 amide bonds. The molecule has 3 aromatic rings. The molecule has 1 saturated heterocycles. The second-order valence-corrected chi connectivity index (χ2v) is 10.1. The number of nitrogens with zero attached hydrogens (tertiary/aromatic N) is 2. The number of hydrogen-bond acceptors (Lipinski definition) is 3. The minimum Gasteiger partial charge on any atom is -0.307 e. The molecule has 194 valence electrons. The van der Waals surface area contributed by atoms with Crippen molar-refractivity contribution in [1.82, 2.24) is 4.98 Å². The Balaban J connectivity index is 1.64. The van der Waals surface area contributed by atoms with Gasteiger partial charge in [0, 0.05) is 36.5 Å². The molecular formula is C31H27ClF2N2O2. The van der Waals surface area contributed by atoms with Gasteiger partial charge in [-0.25, -0.2) is 8.78 Å². The Labute approximate surface area is 225 Å². The largest absolute Gasteiger partial charge is 0.307 e. The Morgan fingerprint density at radius 2 is 1.82 bits per heavy atom. The number of carbonyl (C=O) groups is 2. The van der Waals surface area contributed by atoms with Crippen LogP contribution < -0.4 is 4.90 Å². The molecule has 0 N–H and O–H groups in total. The van der Waals surface area contributed by atoms with E-state index in [9.17, 15) is 14.0 Å². The molecule has 0 spiro atoms. The highest BCUT2D eigenvalue weighted by molar-refractivity contribution is 6.34. The summed E-state index contributed by atoms with van der Waals surface area (Å²) < 4.78 is 29.8. The lowest BCUT2D eigenvalue weighted by Crippen LogP contribution is -2.32. The van der Waals surface area contributed by atoms with Crippen molar-refractivity contribution in [2.75, 3.05) is 11.4 Å². The summed E-state index contributed by atoms with van der Waals surface area (Å²) >= 11 is 6.47. The van der Waals surface area contributed by atoms with Crippen LogP contribution in [0.5, 0.6) is 0 Å². The first-order valence-electron chi connectivity index (χ1n) is 12.8. The van der Waals surface area contributed by atoms with Gasteiger partial charge in [0.1, 0.15) is 11.6 Å². The van der Waals surface area contributed by atoms with Crippen LogP contribution in [0.15, 0.2) is 84.2 Å². The predicted octanol–water partition coefficient (Wildman–Crippen LogP) is 7.13. The number of aryl methyl sites for hydroxylation is 1. The number of hydrogen-bond donors (Lipinski definition) is 0. The van der Waals surface area contributed by atoms with E-state index in [0.717, 1.165) is 30.2 Å².